The zero-order valence-electron chi connectivity index (χ0n) is 13.5. The van der Waals surface area contributed by atoms with E-state index in [-0.39, 0.29) is 5.41 Å². The fourth-order valence-electron chi connectivity index (χ4n) is 3.47. The first-order valence-electron chi connectivity index (χ1n) is 7.84. The maximum Gasteiger partial charge on any atom is 0.0251 e. The van der Waals surface area contributed by atoms with Crippen molar-refractivity contribution in [3.05, 3.63) is 70.8 Å². The van der Waals surface area contributed by atoms with Gasteiger partial charge >= 0.3 is 0 Å². The van der Waals surface area contributed by atoms with Crippen LogP contribution in [-0.2, 0) is 6.54 Å². The number of hydrogen-bond donors (Lipinski definition) is 1. The molecule has 0 aromatic heterocycles. The summed E-state index contributed by atoms with van der Waals surface area (Å²) >= 11 is 0. The quantitative estimate of drug-likeness (QED) is 0.801. The molecule has 0 spiro atoms. The molecule has 1 aliphatic rings. The van der Waals surface area contributed by atoms with Gasteiger partial charge in [-0.15, -0.1) is 0 Å². The highest BCUT2D eigenvalue weighted by molar-refractivity contribution is 5.42. The Bertz CT molecular complexity index is 619. The van der Waals surface area contributed by atoms with E-state index in [2.05, 4.69) is 81.5 Å². The lowest BCUT2D eigenvalue weighted by Crippen LogP contribution is -2.48. The molecule has 1 aliphatic heterocycles. The van der Waals surface area contributed by atoms with Crippen molar-refractivity contribution < 1.29 is 0 Å². The van der Waals surface area contributed by atoms with Gasteiger partial charge in [0.1, 0.15) is 0 Å². The van der Waals surface area contributed by atoms with E-state index in [0.29, 0.717) is 12.0 Å². The molecule has 2 unspecified atom stereocenters. The maximum atomic E-state index is 3.78. The van der Waals surface area contributed by atoms with Gasteiger partial charge in [0.2, 0.25) is 0 Å². The SMILES string of the molecule is Cc1ccc(C2c3ccccc3CNC2C(C)(C)C)cc1. The van der Waals surface area contributed by atoms with E-state index in [4.69, 9.17) is 0 Å². The summed E-state index contributed by atoms with van der Waals surface area (Å²) in [5.41, 5.74) is 5.88. The van der Waals surface area contributed by atoms with Crippen molar-refractivity contribution in [3.8, 4) is 0 Å². The van der Waals surface area contributed by atoms with Gasteiger partial charge < -0.3 is 5.32 Å². The lowest BCUT2D eigenvalue weighted by atomic mass is 9.70. The third-order valence-electron chi connectivity index (χ3n) is 4.61. The summed E-state index contributed by atoms with van der Waals surface area (Å²) < 4.78 is 0. The summed E-state index contributed by atoms with van der Waals surface area (Å²) in [4.78, 5) is 0. The van der Waals surface area contributed by atoms with Gasteiger partial charge in [0.15, 0.2) is 0 Å². The Balaban J connectivity index is 2.12. The van der Waals surface area contributed by atoms with Gasteiger partial charge in [0.05, 0.1) is 0 Å². The van der Waals surface area contributed by atoms with Crippen molar-refractivity contribution in [2.75, 3.05) is 0 Å². The Morgan fingerprint density at radius 3 is 2.29 bits per heavy atom. The second-order valence-electron chi connectivity index (χ2n) is 7.31. The lowest BCUT2D eigenvalue weighted by molar-refractivity contribution is 0.233. The molecule has 0 saturated carbocycles. The smallest absolute Gasteiger partial charge is 0.0251 e. The highest BCUT2D eigenvalue weighted by Crippen LogP contribution is 2.40. The van der Waals surface area contributed by atoms with Crippen LogP contribution in [0.4, 0.5) is 0 Å². The molecule has 2 aromatic carbocycles. The zero-order valence-corrected chi connectivity index (χ0v) is 13.5. The van der Waals surface area contributed by atoms with Crippen LogP contribution in [0.5, 0.6) is 0 Å². The first-order valence-corrected chi connectivity index (χ1v) is 7.84. The fraction of sp³-hybridized carbons (Fsp3) is 0.400. The molecule has 2 atom stereocenters. The summed E-state index contributed by atoms with van der Waals surface area (Å²) in [6.07, 6.45) is 0. The molecule has 0 aliphatic carbocycles. The largest absolute Gasteiger partial charge is 0.308 e. The molecule has 1 heterocycles. The first kappa shape index (κ1) is 14.3. The van der Waals surface area contributed by atoms with E-state index in [9.17, 15) is 0 Å². The number of benzene rings is 2. The van der Waals surface area contributed by atoms with Crippen LogP contribution in [0.15, 0.2) is 48.5 Å². The van der Waals surface area contributed by atoms with Gasteiger partial charge in [-0.2, -0.15) is 0 Å². The van der Waals surface area contributed by atoms with Crippen LogP contribution in [-0.4, -0.2) is 6.04 Å². The van der Waals surface area contributed by atoms with Gasteiger partial charge in [-0.05, 0) is 29.0 Å². The average molecular weight is 279 g/mol. The van der Waals surface area contributed by atoms with Gasteiger partial charge in [-0.25, -0.2) is 0 Å². The predicted molar refractivity (Wildman–Crippen MR) is 89.5 cm³/mol. The molecule has 0 radical (unpaired) electrons. The van der Waals surface area contributed by atoms with Crippen molar-refractivity contribution in [1.82, 2.24) is 5.32 Å². The minimum absolute atomic E-state index is 0.225. The van der Waals surface area contributed by atoms with Gasteiger partial charge in [0, 0.05) is 18.5 Å². The fourth-order valence-corrected chi connectivity index (χ4v) is 3.47. The van der Waals surface area contributed by atoms with Gasteiger partial charge in [-0.1, -0.05) is 74.9 Å². The first-order chi connectivity index (χ1) is 9.97. The third-order valence-corrected chi connectivity index (χ3v) is 4.61. The molecule has 0 saturated heterocycles. The third kappa shape index (κ3) is 2.75. The molecule has 0 bridgehead atoms. The Kier molecular flexibility index (Phi) is 3.62. The summed E-state index contributed by atoms with van der Waals surface area (Å²) in [6.45, 7) is 10.1. The predicted octanol–water partition coefficient (Wildman–Crippen LogP) is 4.64. The van der Waals surface area contributed by atoms with E-state index in [1.54, 1.807) is 0 Å². The molecule has 1 nitrogen and oxygen atoms in total. The Morgan fingerprint density at radius 1 is 0.952 bits per heavy atom. The second-order valence-corrected chi connectivity index (χ2v) is 7.31. The number of hydrogen-bond acceptors (Lipinski definition) is 1. The van der Waals surface area contributed by atoms with Crippen LogP contribution in [0.3, 0.4) is 0 Å². The molecular weight excluding hydrogens is 254 g/mol. The van der Waals surface area contributed by atoms with Gasteiger partial charge in [0.25, 0.3) is 0 Å². The van der Waals surface area contributed by atoms with Crippen LogP contribution >= 0.6 is 0 Å². The molecule has 1 N–H and O–H groups in total. The summed E-state index contributed by atoms with van der Waals surface area (Å²) in [6, 6.07) is 18.4. The van der Waals surface area contributed by atoms with Crippen molar-refractivity contribution in [1.29, 1.82) is 0 Å². The second kappa shape index (κ2) is 5.31. The highest BCUT2D eigenvalue weighted by Gasteiger charge is 2.37. The van der Waals surface area contributed by atoms with Crippen LogP contribution in [0.1, 0.15) is 48.9 Å². The van der Waals surface area contributed by atoms with Gasteiger partial charge in [-0.3, -0.25) is 0 Å². The van der Waals surface area contributed by atoms with Crippen LogP contribution in [0.2, 0.25) is 0 Å². The molecule has 0 amide bonds. The van der Waals surface area contributed by atoms with Crippen molar-refractivity contribution in [2.45, 2.75) is 46.2 Å². The van der Waals surface area contributed by atoms with Crippen LogP contribution in [0.25, 0.3) is 0 Å². The Morgan fingerprint density at radius 2 is 1.62 bits per heavy atom. The molecule has 110 valence electrons. The molecule has 1 heteroatoms. The summed E-state index contributed by atoms with van der Waals surface area (Å²) in [7, 11) is 0. The monoisotopic (exact) mass is 279 g/mol. The minimum atomic E-state index is 0.225. The summed E-state index contributed by atoms with van der Waals surface area (Å²) in [5.74, 6) is 0.426. The van der Waals surface area contributed by atoms with E-state index in [1.165, 1.54) is 22.3 Å². The number of fused-ring (bicyclic) bond motifs is 1. The number of aryl methyl sites for hydroxylation is 1. The topological polar surface area (TPSA) is 12.0 Å². The normalized spacial score (nSPS) is 21.9. The number of rotatable bonds is 1. The average Bonchev–Trinajstić information content (AvgIpc) is 2.46. The standard InChI is InChI=1S/C20H25N/c1-14-9-11-15(12-10-14)18-17-8-6-5-7-16(17)13-21-19(18)20(2,3)4/h5-12,18-19,21H,13H2,1-4H3. The molecular formula is C20H25N. The van der Waals surface area contributed by atoms with Crippen molar-refractivity contribution in [2.24, 2.45) is 5.41 Å². The zero-order chi connectivity index (χ0) is 15.0. The summed E-state index contributed by atoms with van der Waals surface area (Å²) in [5, 5.41) is 3.78. The Hall–Kier alpha value is -1.60. The molecule has 3 rings (SSSR count). The van der Waals surface area contributed by atoms with E-state index in [1.807, 2.05) is 0 Å². The van der Waals surface area contributed by atoms with Crippen molar-refractivity contribution in [3.63, 3.8) is 0 Å². The minimum Gasteiger partial charge on any atom is -0.308 e. The lowest BCUT2D eigenvalue weighted by Gasteiger charge is -2.42. The van der Waals surface area contributed by atoms with E-state index in [0.717, 1.165) is 6.54 Å². The van der Waals surface area contributed by atoms with E-state index >= 15 is 0 Å². The molecule has 0 fully saturated rings. The Labute approximate surface area is 128 Å². The van der Waals surface area contributed by atoms with Crippen LogP contribution in [0, 0.1) is 12.3 Å². The van der Waals surface area contributed by atoms with E-state index < -0.39 is 0 Å². The number of nitrogens with one attached hydrogen (secondary N) is 1. The molecule has 21 heavy (non-hydrogen) atoms. The van der Waals surface area contributed by atoms with Crippen LogP contribution < -0.4 is 5.32 Å². The highest BCUT2D eigenvalue weighted by atomic mass is 14.9. The maximum absolute atomic E-state index is 3.78. The van der Waals surface area contributed by atoms with Crippen molar-refractivity contribution >= 4 is 0 Å². The molecule has 2 aromatic rings.